The van der Waals surface area contributed by atoms with E-state index in [2.05, 4.69) is 5.32 Å². The number of benzene rings is 1. The third-order valence-electron chi connectivity index (χ3n) is 4.05. The summed E-state index contributed by atoms with van der Waals surface area (Å²) in [5, 5.41) is 2.90. The summed E-state index contributed by atoms with van der Waals surface area (Å²) >= 11 is 0. The minimum Gasteiger partial charge on any atom is -0.454 e. The first-order valence-electron chi connectivity index (χ1n) is 7.52. The Labute approximate surface area is 129 Å². The fourth-order valence-corrected chi connectivity index (χ4v) is 2.82. The van der Waals surface area contributed by atoms with Gasteiger partial charge in [-0.1, -0.05) is 0 Å². The summed E-state index contributed by atoms with van der Waals surface area (Å²) in [6.07, 6.45) is 0.500. The fraction of sp³-hybridized carbons (Fsp3) is 0.500. The van der Waals surface area contributed by atoms with Crippen molar-refractivity contribution in [1.82, 2.24) is 10.2 Å². The van der Waals surface area contributed by atoms with Crippen LogP contribution in [0.15, 0.2) is 18.2 Å². The van der Waals surface area contributed by atoms with E-state index in [1.807, 2.05) is 18.7 Å². The molecule has 1 aromatic carbocycles. The average molecular weight is 304 g/mol. The van der Waals surface area contributed by atoms with Crippen molar-refractivity contribution in [3.05, 3.63) is 23.8 Å². The van der Waals surface area contributed by atoms with Crippen LogP contribution in [0.1, 0.15) is 30.6 Å². The largest absolute Gasteiger partial charge is 0.454 e. The Hall–Kier alpha value is -2.24. The number of hydrogen-bond acceptors (Lipinski definition) is 4. The Morgan fingerprint density at radius 1 is 1.36 bits per heavy atom. The first kappa shape index (κ1) is 14.7. The molecule has 0 aliphatic carbocycles. The molecule has 6 nitrogen and oxygen atoms in total. The third kappa shape index (κ3) is 2.86. The van der Waals surface area contributed by atoms with Crippen LogP contribution in [0.2, 0.25) is 0 Å². The van der Waals surface area contributed by atoms with Gasteiger partial charge >= 0.3 is 0 Å². The zero-order valence-electron chi connectivity index (χ0n) is 12.8. The van der Waals surface area contributed by atoms with Crippen molar-refractivity contribution in [3.8, 4) is 11.5 Å². The van der Waals surface area contributed by atoms with E-state index >= 15 is 0 Å². The van der Waals surface area contributed by atoms with Gasteiger partial charge in [-0.2, -0.15) is 0 Å². The van der Waals surface area contributed by atoms with E-state index in [4.69, 9.17) is 9.47 Å². The molecule has 118 valence electrons. The van der Waals surface area contributed by atoms with Crippen molar-refractivity contribution in [3.63, 3.8) is 0 Å². The summed E-state index contributed by atoms with van der Waals surface area (Å²) in [6, 6.07) is 5.33. The number of hydrogen-bond donors (Lipinski definition) is 1. The zero-order valence-corrected chi connectivity index (χ0v) is 12.8. The van der Waals surface area contributed by atoms with Gasteiger partial charge in [0.1, 0.15) is 0 Å². The van der Waals surface area contributed by atoms with Crippen molar-refractivity contribution < 1.29 is 19.1 Å². The highest BCUT2D eigenvalue weighted by atomic mass is 16.7. The molecule has 2 heterocycles. The molecule has 1 atom stereocenters. The van der Waals surface area contributed by atoms with Gasteiger partial charge < -0.3 is 19.7 Å². The Balaban J connectivity index is 1.56. The minimum absolute atomic E-state index is 0.159. The molecule has 2 amide bonds. The Bertz CT molecular complexity index is 600. The number of carbonyl (C=O) groups is 2. The molecule has 1 fully saturated rings. The number of rotatable bonds is 4. The summed E-state index contributed by atoms with van der Waals surface area (Å²) in [7, 11) is 0. The lowest BCUT2D eigenvalue weighted by Crippen LogP contribution is -2.34. The maximum Gasteiger partial charge on any atom is 0.251 e. The van der Waals surface area contributed by atoms with Crippen molar-refractivity contribution >= 4 is 11.8 Å². The van der Waals surface area contributed by atoms with Crippen molar-refractivity contribution in [2.45, 2.75) is 26.3 Å². The topological polar surface area (TPSA) is 67.9 Å². The Morgan fingerprint density at radius 2 is 2.14 bits per heavy atom. The van der Waals surface area contributed by atoms with Gasteiger partial charge in [0.05, 0.1) is 0 Å². The molecular weight excluding hydrogens is 284 g/mol. The molecule has 2 aliphatic heterocycles. The number of likely N-dealkylation sites (tertiary alicyclic amines) is 1. The van der Waals surface area contributed by atoms with Crippen LogP contribution >= 0.6 is 0 Å². The maximum atomic E-state index is 12.2. The van der Waals surface area contributed by atoms with E-state index in [-0.39, 0.29) is 30.6 Å². The van der Waals surface area contributed by atoms with Gasteiger partial charge in [0.25, 0.3) is 5.91 Å². The lowest BCUT2D eigenvalue weighted by atomic mass is 10.1. The van der Waals surface area contributed by atoms with E-state index in [0.29, 0.717) is 36.6 Å². The quantitative estimate of drug-likeness (QED) is 0.913. The molecule has 0 saturated carbocycles. The Morgan fingerprint density at radius 3 is 2.86 bits per heavy atom. The molecule has 0 spiro atoms. The number of fused-ring (bicyclic) bond motifs is 1. The molecule has 2 aliphatic rings. The maximum absolute atomic E-state index is 12.2. The molecule has 0 aromatic heterocycles. The lowest BCUT2D eigenvalue weighted by molar-refractivity contribution is -0.129. The summed E-state index contributed by atoms with van der Waals surface area (Å²) in [6.45, 7) is 5.41. The van der Waals surface area contributed by atoms with E-state index in [1.54, 1.807) is 18.2 Å². The van der Waals surface area contributed by atoms with Crippen LogP contribution in [-0.4, -0.2) is 42.6 Å². The van der Waals surface area contributed by atoms with Crippen LogP contribution in [0.25, 0.3) is 0 Å². The van der Waals surface area contributed by atoms with Crippen molar-refractivity contribution in [2.24, 2.45) is 5.92 Å². The number of ether oxygens (including phenoxy) is 2. The number of carbonyl (C=O) groups excluding carboxylic acids is 2. The van der Waals surface area contributed by atoms with Crippen LogP contribution in [0, 0.1) is 5.92 Å². The zero-order chi connectivity index (χ0) is 15.7. The van der Waals surface area contributed by atoms with E-state index in [1.165, 1.54) is 0 Å². The van der Waals surface area contributed by atoms with Crippen LogP contribution < -0.4 is 14.8 Å². The average Bonchev–Trinajstić information content (AvgIpc) is 3.09. The normalized spacial score (nSPS) is 19.9. The van der Waals surface area contributed by atoms with Gasteiger partial charge in [-0.25, -0.2) is 0 Å². The monoisotopic (exact) mass is 304 g/mol. The predicted octanol–water partition coefficient (Wildman–Crippen LogP) is 1.40. The van der Waals surface area contributed by atoms with Crippen LogP contribution in [-0.2, 0) is 4.79 Å². The van der Waals surface area contributed by atoms with Gasteiger partial charge in [-0.3, -0.25) is 9.59 Å². The predicted molar refractivity (Wildman–Crippen MR) is 79.9 cm³/mol. The molecular formula is C16H20N2O4. The first-order chi connectivity index (χ1) is 10.5. The summed E-state index contributed by atoms with van der Waals surface area (Å²) in [5.41, 5.74) is 0.536. The second-order valence-corrected chi connectivity index (χ2v) is 5.99. The first-order valence-corrected chi connectivity index (χ1v) is 7.52. The van der Waals surface area contributed by atoms with Crippen LogP contribution in [0.5, 0.6) is 11.5 Å². The summed E-state index contributed by atoms with van der Waals surface area (Å²) in [4.78, 5) is 25.9. The molecule has 1 N–H and O–H groups in total. The van der Waals surface area contributed by atoms with Crippen LogP contribution in [0.4, 0.5) is 0 Å². The van der Waals surface area contributed by atoms with Gasteiger partial charge in [-0.15, -0.1) is 0 Å². The van der Waals surface area contributed by atoms with E-state index < -0.39 is 0 Å². The van der Waals surface area contributed by atoms with E-state index in [9.17, 15) is 9.59 Å². The fourth-order valence-electron chi connectivity index (χ4n) is 2.82. The second-order valence-electron chi connectivity index (χ2n) is 5.99. The molecule has 0 radical (unpaired) electrons. The summed E-state index contributed by atoms with van der Waals surface area (Å²) < 4.78 is 10.5. The SMILES string of the molecule is CC(C)N1CC(CNC(=O)c2ccc3c(c2)OCO3)CC1=O. The van der Waals surface area contributed by atoms with Gasteiger partial charge in [0.15, 0.2) is 11.5 Å². The smallest absolute Gasteiger partial charge is 0.251 e. The van der Waals surface area contributed by atoms with Gasteiger partial charge in [0.2, 0.25) is 12.7 Å². The molecule has 1 unspecified atom stereocenters. The standard InChI is InChI=1S/C16H20N2O4/c1-10(2)18-8-11(5-15(18)19)7-17-16(20)12-3-4-13-14(6-12)22-9-21-13/h3-4,6,10-11H,5,7-9H2,1-2H3,(H,17,20). The van der Waals surface area contributed by atoms with Crippen molar-refractivity contribution in [1.29, 1.82) is 0 Å². The van der Waals surface area contributed by atoms with Gasteiger partial charge in [-0.05, 0) is 32.0 Å². The molecule has 0 bridgehead atoms. The molecule has 3 rings (SSSR count). The van der Waals surface area contributed by atoms with Crippen molar-refractivity contribution in [2.75, 3.05) is 19.9 Å². The Kier molecular flexibility index (Phi) is 3.92. The van der Waals surface area contributed by atoms with Crippen LogP contribution in [0.3, 0.4) is 0 Å². The number of nitrogens with one attached hydrogen (secondary N) is 1. The number of amides is 2. The lowest BCUT2D eigenvalue weighted by Gasteiger charge is -2.21. The second kappa shape index (κ2) is 5.87. The highest BCUT2D eigenvalue weighted by molar-refractivity contribution is 5.95. The summed E-state index contributed by atoms with van der Waals surface area (Å²) in [5.74, 6) is 1.43. The van der Waals surface area contributed by atoms with Gasteiger partial charge in [0, 0.05) is 37.0 Å². The molecule has 22 heavy (non-hydrogen) atoms. The molecule has 1 saturated heterocycles. The highest BCUT2D eigenvalue weighted by Crippen LogP contribution is 2.32. The number of nitrogens with zero attached hydrogens (tertiary/aromatic N) is 1. The minimum atomic E-state index is -0.159. The third-order valence-corrected chi connectivity index (χ3v) is 4.05. The molecule has 1 aromatic rings. The molecule has 6 heteroatoms. The van der Waals surface area contributed by atoms with E-state index in [0.717, 1.165) is 0 Å². The highest BCUT2D eigenvalue weighted by Gasteiger charge is 2.31.